The first-order valence-electron chi connectivity index (χ1n) is 10.0. The summed E-state index contributed by atoms with van der Waals surface area (Å²) < 4.78 is 16.1. The van der Waals surface area contributed by atoms with Crippen molar-refractivity contribution in [3.8, 4) is 11.5 Å². The van der Waals surface area contributed by atoms with Gasteiger partial charge in [0.15, 0.2) is 5.78 Å². The Balaban J connectivity index is 1.32. The number of benzene rings is 3. The molecule has 160 valence electrons. The fourth-order valence-electron chi connectivity index (χ4n) is 3.20. The van der Waals surface area contributed by atoms with Crippen LogP contribution in [0.15, 0.2) is 91.0 Å². The summed E-state index contributed by atoms with van der Waals surface area (Å²) in [6, 6.07) is 21.8. The van der Waals surface area contributed by atoms with Crippen molar-refractivity contribution in [2.75, 3.05) is 6.61 Å². The second kappa shape index (κ2) is 9.31. The Kier molecular flexibility index (Phi) is 6.12. The number of rotatable bonds is 7. The van der Waals surface area contributed by atoms with E-state index in [1.807, 2.05) is 6.07 Å². The molecule has 1 heterocycles. The van der Waals surface area contributed by atoms with E-state index in [1.54, 1.807) is 72.8 Å². The molecule has 0 spiro atoms. The summed E-state index contributed by atoms with van der Waals surface area (Å²) in [6.45, 7) is 3.85. The molecule has 4 rings (SSSR count). The highest BCUT2D eigenvalue weighted by Gasteiger charge is 2.27. The van der Waals surface area contributed by atoms with Gasteiger partial charge in [0.1, 0.15) is 24.2 Å². The van der Waals surface area contributed by atoms with Gasteiger partial charge in [0.25, 0.3) is 0 Å². The second-order valence-electron chi connectivity index (χ2n) is 7.28. The Bertz CT molecular complexity index is 1130. The first-order valence-corrected chi connectivity index (χ1v) is 10.0. The summed E-state index contributed by atoms with van der Waals surface area (Å²) in [7, 11) is 0. The van der Waals surface area contributed by atoms with Gasteiger partial charge in [-0.1, -0.05) is 36.9 Å². The van der Waals surface area contributed by atoms with Crippen molar-refractivity contribution in [2.24, 2.45) is 0 Å². The van der Waals surface area contributed by atoms with Gasteiger partial charge in [-0.15, -0.1) is 0 Å². The van der Waals surface area contributed by atoms with E-state index in [2.05, 4.69) is 6.58 Å². The zero-order valence-electron chi connectivity index (χ0n) is 17.2. The molecule has 1 fully saturated rings. The smallest absolute Gasteiger partial charge is 0.343 e. The highest BCUT2D eigenvalue weighted by atomic mass is 16.6. The van der Waals surface area contributed by atoms with Gasteiger partial charge in [-0.2, -0.15) is 0 Å². The number of hydrogen-bond acceptors (Lipinski definition) is 6. The quantitative estimate of drug-likeness (QED) is 0.240. The molecular weight excluding hydrogens is 408 g/mol. The first-order chi connectivity index (χ1) is 15.5. The molecule has 1 unspecified atom stereocenters. The Labute approximate surface area is 185 Å². The lowest BCUT2D eigenvalue weighted by Crippen LogP contribution is -2.17. The van der Waals surface area contributed by atoms with Crippen LogP contribution in [-0.2, 0) is 9.53 Å². The molecule has 0 radical (unpaired) electrons. The summed E-state index contributed by atoms with van der Waals surface area (Å²) in [5.74, 6) is -0.147. The molecule has 3 aromatic carbocycles. The van der Waals surface area contributed by atoms with E-state index < -0.39 is 11.9 Å². The SMILES string of the molecule is C=C1CC(COc2ccc(C(=O)Oc3ccc(C(=O)c4ccccc4)cc3)cc2)OC1=O. The summed E-state index contributed by atoms with van der Waals surface area (Å²) >= 11 is 0. The minimum absolute atomic E-state index is 0.101. The maximum atomic E-state index is 12.5. The van der Waals surface area contributed by atoms with Gasteiger partial charge in [-0.05, 0) is 48.5 Å². The molecule has 0 amide bonds. The number of carbonyl (C=O) groups excluding carboxylic acids is 3. The number of carbonyl (C=O) groups is 3. The maximum absolute atomic E-state index is 12.5. The normalized spacial score (nSPS) is 15.2. The molecule has 1 saturated heterocycles. The number of hydrogen-bond donors (Lipinski definition) is 0. The van der Waals surface area contributed by atoms with Crippen molar-refractivity contribution < 1.29 is 28.6 Å². The van der Waals surface area contributed by atoms with Crippen molar-refractivity contribution in [2.45, 2.75) is 12.5 Å². The van der Waals surface area contributed by atoms with Crippen molar-refractivity contribution >= 4 is 17.7 Å². The van der Waals surface area contributed by atoms with E-state index in [1.165, 1.54) is 0 Å². The van der Waals surface area contributed by atoms with E-state index in [4.69, 9.17) is 14.2 Å². The monoisotopic (exact) mass is 428 g/mol. The Morgan fingerprint density at radius 2 is 1.44 bits per heavy atom. The minimum atomic E-state index is -0.528. The molecule has 0 aromatic heterocycles. The van der Waals surface area contributed by atoms with Crippen LogP contribution < -0.4 is 9.47 Å². The van der Waals surface area contributed by atoms with Gasteiger partial charge in [0, 0.05) is 23.1 Å². The summed E-state index contributed by atoms with van der Waals surface area (Å²) in [5.41, 5.74) is 1.89. The lowest BCUT2D eigenvalue weighted by molar-refractivity contribution is -0.139. The number of cyclic esters (lactones) is 1. The molecule has 0 N–H and O–H groups in total. The van der Waals surface area contributed by atoms with E-state index in [-0.39, 0.29) is 18.5 Å². The third-order valence-corrected chi connectivity index (χ3v) is 4.93. The third-order valence-electron chi connectivity index (χ3n) is 4.93. The largest absolute Gasteiger partial charge is 0.490 e. The van der Waals surface area contributed by atoms with Crippen LogP contribution >= 0.6 is 0 Å². The average molecular weight is 428 g/mol. The van der Waals surface area contributed by atoms with Gasteiger partial charge in [-0.3, -0.25) is 4.79 Å². The number of ketones is 1. The minimum Gasteiger partial charge on any atom is -0.490 e. The molecule has 0 bridgehead atoms. The zero-order valence-corrected chi connectivity index (χ0v) is 17.2. The van der Waals surface area contributed by atoms with Gasteiger partial charge < -0.3 is 14.2 Å². The maximum Gasteiger partial charge on any atom is 0.343 e. The second-order valence-corrected chi connectivity index (χ2v) is 7.28. The van der Waals surface area contributed by atoms with Crippen molar-refractivity contribution in [1.29, 1.82) is 0 Å². The third kappa shape index (κ3) is 4.92. The molecule has 32 heavy (non-hydrogen) atoms. The van der Waals surface area contributed by atoms with Crippen LogP contribution in [0.3, 0.4) is 0 Å². The summed E-state index contributed by atoms with van der Waals surface area (Å²) in [6.07, 6.45) is 0.0929. The van der Waals surface area contributed by atoms with E-state index in [0.29, 0.717) is 40.2 Å². The first kappa shape index (κ1) is 21.1. The Morgan fingerprint density at radius 1 is 0.844 bits per heavy atom. The van der Waals surface area contributed by atoms with E-state index >= 15 is 0 Å². The van der Waals surface area contributed by atoms with Crippen LogP contribution in [-0.4, -0.2) is 30.4 Å². The van der Waals surface area contributed by atoms with Crippen LogP contribution in [0.4, 0.5) is 0 Å². The molecule has 6 nitrogen and oxygen atoms in total. The lowest BCUT2D eigenvalue weighted by atomic mass is 10.0. The Morgan fingerprint density at radius 3 is 2.06 bits per heavy atom. The fraction of sp³-hybridized carbons (Fsp3) is 0.115. The molecule has 0 saturated carbocycles. The van der Waals surface area contributed by atoms with E-state index in [0.717, 1.165) is 0 Å². The van der Waals surface area contributed by atoms with Crippen molar-refractivity contribution in [1.82, 2.24) is 0 Å². The summed E-state index contributed by atoms with van der Waals surface area (Å²) in [5, 5.41) is 0. The van der Waals surface area contributed by atoms with Crippen LogP contribution in [0, 0.1) is 0 Å². The van der Waals surface area contributed by atoms with Crippen LogP contribution in [0.5, 0.6) is 11.5 Å². The van der Waals surface area contributed by atoms with Crippen LogP contribution in [0.2, 0.25) is 0 Å². The molecule has 1 aliphatic heterocycles. The molecule has 0 aliphatic carbocycles. The predicted molar refractivity (Wildman–Crippen MR) is 117 cm³/mol. The van der Waals surface area contributed by atoms with Crippen LogP contribution in [0.1, 0.15) is 32.7 Å². The Hall–Kier alpha value is -4.19. The van der Waals surface area contributed by atoms with Crippen molar-refractivity contribution in [3.63, 3.8) is 0 Å². The van der Waals surface area contributed by atoms with Gasteiger partial charge in [0.05, 0.1) is 5.56 Å². The van der Waals surface area contributed by atoms with Crippen molar-refractivity contribution in [3.05, 3.63) is 108 Å². The molecule has 6 heteroatoms. The molecule has 1 atom stereocenters. The molecule has 3 aromatic rings. The van der Waals surface area contributed by atoms with Gasteiger partial charge >= 0.3 is 11.9 Å². The summed E-state index contributed by atoms with van der Waals surface area (Å²) in [4.78, 5) is 36.2. The highest BCUT2D eigenvalue weighted by Crippen LogP contribution is 2.21. The van der Waals surface area contributed by atoms with Gasteiger partial charge in [-0.25, -0.2) is 9.59 Å². The number of esters is 2. The lowest BCUT2D eigenvalue weighted by Gasteiger charge is -2.11. The van der Waals surface area contributed by atoms with E-state index in [9.17, 15) is 14.4 Å². The predicted octanol–water partition coefficient (Wildman–Crippen LogP) is 4.39. The average Bonchev–Trinajstić information content (AvgIpc) is 3.15. The standard InChI is InChI=1S/C26H20O6/c1-17-15-23(32-25(17)28)16-30-21-11-9-20(10-12-21)26(29)31-22-13-7-19(8-14-22)24(27)18-5-3-2-4-6-18/h2-14,23H,1,15-16H2. The highest BCUT2D eigenvalue weighted by molar-refractivity contribution is 6.09. The molecular formula is C26H20O6. The van der Waals surface area contributed by atoms with Gasteiger partial charge in [0.2, 0.25) is 0 Å². The zero-order chi connectivity index (χ0) is 22.5. The molecule has 1 aliphatic rings. The fourth-order valence-corrected chi connectivity index (χ4v) is 3.20. The number of ether oxygens (including phenoxy) is 3. The van der Waals surface area contributed by atoms with Crippen LogP contribution in [0.25, 0.3) is 0 Å². The topological polar surface area (TPSA) is 78.9 Å².